The first-order chi connectivity index (χ1) is 14.2. The van der Waals surface area contributed by atoms with Gasteiger partial charge in [0.2, 0.25) is 5.91 Å². The number of hydrogen-bond acceptors (Lipinski definition) is 4. The quantitative estimate of drug-likeness (QED) is 0.520. The van der Waals surface area contributed by atoms with Gasteiger partial charge in [0.15, 0.2) is 0 Å². The first-order valence-electron chi connectivity index (χ1n) is 9.15. The highest BCUT2D eigenvalue weighted by atomic mass is 32.2. The van der Waals surface area contributed by atoms with E-state index in [-0.39, 0.29) is 11.8 Å². The third kappa shape index (κ3) is 3.30. The van der Waals surface area contributed by atoms with E-state index in [9.17, 15) is 9.59 Å². The molecule has 1 aliphatic heterocycles. The van der Waals surface area contributed by atoms with E-state index in [1.165, 1.54) is 11.8 Å². The largest absolute Gasteiger partial charge is 0.472 e. The SMILES string of the molecule is O=C(Nc1c[nH]c2ccccc12)c1ccc2c(c1)SCC(=O)N2Cc1ccoc1. The van der Waals surface area contributed by atoms with Crippen molar-refractivity contribution >= 4 is 45.9 Å². The highest BCUT2D eigenvalue weighted by Crippen LogP contribution is 2.37. The highest BCUT2D eigenvalue weighted by molar-refractivity contribution is 8.00. The molecule has 2 N–H and O–H groups in total. The molecule has 4 aromatic rings. The van der Waals surface area contributed by atoms with Crippen LogP contribution in [-0.4, -0.2) is 22.6 Å². The number of H-pyrrole nitrogens is 1. The molecule has 5 rings (SSSR count). The average molecular weight is 403 g/mol. The minimum atomic E-state index is -0.184. The molecular weight excluding hydrogens is 386 g/mol. The zero-order chi connectivity index (χ0) is 19.8. The second-order valence-corrected chi connectivity index (χ2v) is 7.80. The molecule has 2 aromatic heterocycles. The van der Waals surface area contributed by atoms with Gasteiger partial charge in [0.1, 0.15) is 0 Å². The standard InChI is InChI=1S/C22H17N3O3S/c26-21-13-29-20-9-15(5-6-19(20)25(21)11-14-7-8-28-12-14)22(27)24-18-10-23-17-4-2-1-3-16(17)18/h1-10,12,23H,11,13H2,(H,24,27). The zero-order valence-corrected chi connectivity index (χ0v) is 16.2. The number of carbonyl (C=O) groups is 2. The second-order valence-electron chi connectivity index (χ2n) is 6.78. The van der Waals surface area contributed by atoms with Gasteiger partial charge in [0.05, 0.1) is 36.2 Å². The van der Waals surface area contributed by atoms with Gasteiger partial charge >= 0.3 is 0 Å². The van der Waals surface area contributed by atoms with Crippen molar-refractivity contribution in [2.45, 2.75) is 11.4 Å². The van der Waals surface area contributed by atoms with Crippen molar-refractivity contribution in [2.75, 3.05) is 16.0 Å². The number of nitrogens with zero attached hydrogens (tertiary/aromatic N) is 1. The summed E-state index contributed by atoms with van der Waals surface area (Å²) < 4.78 is 5.11. The molecule has 0 fully saturated rings. The number of rotatable bonds is 4. The Bertz CT molecular complexity index is 1210. The summed E-state index contributed by atoms with van der Waals surface area (Å²) in [6.45, 7) is 0.448. The van der Waals surface area contributed by atoms with E-state index in [2.05, 4.69) is 10.3 Å². The Morgan fingerprint density at radius 3 is 2.97 bits per heavy atom. The number of furan rings is 1. The number of anilines is 2. The van der Waals surface area contributed by atoms with Gasteiger partial charge in [-0.1, -0.05) is 18.2 Å². The van der Waals surface area contributed by atoms with Crippen LogP contribution >= 0.6 is 11.8 Å². The molecule has 2 aromatic carbocycles. The molecule has 2 amide bonds. The molecule has 6 nitrogen and oxygen atoms in total. The summed E-state index contributed by atoms with van der Waals surface area (Å²) in [5, 5.41) is 3.94. The third-order valence-corrected chi connectivity index (χ3v) is 5.95. The monoisotopic (exact) mass is 403 g/mol. The van der Waals surface area contributed by atoms with E-state index in [4.69, 9.17) is 4.42 Å². The molecule has 0 atom stereocenters. The Balaban J connectivity index is 1.41. The molecule has 29 heavy (non-hydrogen) atoms. The average Bonchev–Trinajstić information content (AvgIpc) is 3.40. The molecule has 7 heteroatoms. The highest BCUT2D eigenvalue weighted by Gasteiger charge is 2.26. The Hall–Kier alpha value is -3.45. The van der Waals surface area contributed by atoms with Crippen LogP contribution in [0.2, 0.25) is 0 Å². The lowest BCUT2D eigenvalue weighted by Gasteiger charge is -2.29. The normalized spacial score (nSPS) is 13.5. The van der Waals surface area contributed by atoms with Crippen molar-refractivity contribution < 1.29 is 14.0 Å². The molecule has 0 saturated heterocycles. The van der Waals surface area contributed by atoms with Crippen LogP contribution in [0.4, 0.5) is 11.4 Å². The lowest BCUT2D eigenvalue weighted by molar-refractivity contribution is -0.116. The second kappa shape index (κ2) is 7.18. The number of aromatic nitrogens is 1. The summed E-state index contributed by atoms with van der Waals surface area (Å²) in [7, 11) is 0. The number of para-hydroxylation sites is 1. The van der Waals surface area contributed by atoms with Crippen molar-refractivity contribution in [2.24, 2.45) is 0 Å². The maximum atomic E-state index is 12.8. The first kappa shape index (κ1) is 17.6. The Labute approximate surface area is 170 Å². The van der Waals surface area contributed by atoms with Crippen molar-refractivity contribution in [3.8, 4) is 0 Å². The third-order valence-electron chi connectivity index (χ3n) is 4.92. The summed E-state index contributed by atoms with van der Waals surface area (Å²) in [5.74, 6) is 0.203. The van der Waals surface area contributed by atoms with Gasteiger partial charge < -0.3 is 19.6 Å². The van der Waals surface area contributed by atoms with Gasteiger partial charge in [-0.15, -0.1) is 11.8 Å². The molecule has 144 valence electrons. The van der Waals surface area contributed by atoms with Gasteiger partial charge in [-0.3, -0.25) is 9.59 Å². The topological polar surface area (TPSA) is 78.3 Å². The lowest BCUT2D eigenvalue weighted by Crippen LogP contribution is -2.34. The minimum Gasteiger partial charge on any atom is -0.472 e. The minimum absolute atomic E-state index is 0.0414. The van der Waals surface area contributed by atoms with Crippen LogP contribution in [0, 0.1) is 0 Å². The van der Waals surface area contributed by atoms with Crippen molar-refractivity contribution in [3.05, 3.63) is 78.4 Å². The number of nitrogens with one attached hydrogen (secondary N) is 2. The predicted octanol–water partition coefficient (Wildman–Crippen LogP) is 4.65. The number of hydrogen-bond donors (Lipinski definition) is 2. The Morgan fingerprint density at radius 1 is 1.21 bits per heavy atom. The van der Waals surface area contributed by atoms with Gasteiger partial charge in [-0.2, -0.15) is 0 Å². The molecule has 0 aliphatic carbocycles. The molecule has 0 radical (unpaired) electrons. The van der Waals surface area contributed by atoms with E-state index < -0.39 is 0 Å². The van der Waals surface area contributed by atoms with Gasteiger partial charge in [-0.05, 0) is 30.3 Å². The number of benzene rings is 2. The van der Waals surface area contributed by atoms with Crippen LogP contribution in [0.5, 0.6) is 0 Å². The number of fused-ring (bicyclic) bond motifs is 2. The fourth-order valence-corrected chi connectivity index (χ4v) is 4.42. The molecule has 0 unspecified atom stereocenters. The Kier molecular flexibility index (Phi) is 4.37. The van der Waals surface area contributed by atoms with Crippen LogP contribution in [-0.2, 0) is 11.3 Å². The number of aromatic amines is 1. The van der Waals surface area contributed by atoms with E-state index >= 15 is 0 Å². The molecule has 1 aliphatic rings. The van der Waals surface area contributed by atoms with Crippen LogP contribution in [0.1, 0.15) is 15.9 Å². The molecule has 0 spiro atoms. The van der Waals surface area contributed by atoms with Crippen LogP contribution in [0.25, 0.3) is 10.9 Å². The van der Waals surface area contributed by atoms with Crippen LogP contribution in [0.3, 0.4) is 0 Å². The van der Waals surface area contributed by atoms with Crippen LogP contribution in [0.15, 0.2) is 76.6 Å². The van der Waals surface area contributed by atoms with Crippen molar-refractivity contribution in [3.63, 3.8) is 0 Å². The summed E-state index contributed by atoms with van der Waals surface area (Å²) in [6.07, 6.45) is 5.02. The smallest absolute Gasteiger partial charge is 0.255 e. The van der Waals surface area contributed by atoms with Crippen molar-refractivity contribution in [1.82, 2.24) is 4.98 Å². The fourth-order valence-electron chi connectivity index (χ4n) is 3.45. The molecule has 3 heterocycles. The molecule has 0 bridgehead atoms. The van der Waals surface area contributed by atoms with E-state index in [0.717, 1.165) is 32.7 Å². The van der Waals surface area contributed by atoms with E-state index in [0.29, 0.717) is 17.9 Å². The summed E-state index contributed by atoms with van der Waals surface area (Å²) in [6, 6.07) is 15.1. The van der Waals surface area contributed by atoms with Crippen LogP contribution < -0.4 is 10.2 Å². The Morgan fingerprint density at radius 2 is 2.10 bits per heavy atom. The summed E-state index contributed by atoms with van der Waals surface area (Å²) in [5.41, 5.74) is 4.01. The van der Waals surface area contributed by atoms with Gasteiger partial charge in [0.25, 0.3) is 5.91 Å². The first-order valence-corrected chi connectivity index (χ1v) is 10.1. The number of thioether (sulfide) groups is 1. The number of amides is 2. The molecular formula is C22H17N3O3S. The summed E-state index contributed by atoms with van der Waals surface area (Å²) in [4.78, 5) is 31.1. The summed E-state index contributed by atoms with van der Waals surface area (Å²) >= 11 is 1.45. The molecule has 0 saturated carbocycles. The maximum Gasteiger partial charge on any atom is 0.255 e. The maximum absolute atomic E-state index is 12.8. The van der Waals surface area contributed by atoms with E-state index in [1.807, 2.05) is 42.5 Å². The zero-order valence-electron chi connectivity index (χ0n) is 15.3. The van der Waals surface area contributed by atoms with E-state index in [1.54, 1.807) is 29.7 Å². The lowest BCUT2D eigenvalue weighted by atomic mass is 10.1. The predicted molar refractivity (Wildman–Crippen MR) is 113 cm³/mol. The van der Waals surface area contributed by atoms with Crippen molar-refractivity contribution in [1.29, 1.82) is 0 Å². The fraction of sp³-hybridized carbons (Fsp3) is 0.0909. The van der Waals surface area contributed by atoms with Gasteiger partial charge in [-0.25, -0.2) is 0 Å². The van der Waals surface area contributed by atoms with Gasteiger partial charge in [0, 0.05) is 33.1 Å². The number of carbonyl (C=O) groups excluding carboxylic acids is 2.